The Morgan fingerprint density at radius 3 is 2.34 bits per heavy atom. The minimum Gasteiger partial charge on any atom is -0.493 e. The summed E-state index contributed by atoms with van der Waals surface area (Å²) in [4.78, 5) is 32.5. The topological polar surface area (TPSA) is 98.1 Å². The third-order valence-corrected chi connectivity index (χ3v) is 6.55. The van der Waals surface area contributed by atoms with Crippen LogP contribution >= 0.6 is 0 Å². The maximum Gasteiger partial charge on any atom is 0.276 e. The predicted octanol–water partition coefficient (Wildman–Crippen LogP) is 6.65. The Labute approximate surface area is 242 Å². The third kappa shape index (κ3) is 7.22. The molecule has 0 atom stereocenters. The zero-order chi connectivity index (χ0) is 29.9. The molecule has 4 aromatic rings. The minimum absolute atomic E-state index is 0.0143. The molecule has 41 heavy (non-hydrogen) atoms. The zero-order valence-corrected chi connectivity index (χ0v) is 25.2. The number of benzene rings is 2. The van der Waals surface area contributed by atoms with Crippen molar-refractivity contribution in [3.05, 3.63) is 71.5 Å². The summed E-state index contributed by atoms with van der Waals surface area (Å²) in [5.74, 6) is 0.858. The molecule has 0 aliphatic carbocycles. The zero-order valence-electron chi connectivity index (χ0n) is 25.2. The first-order chi connectivity index (χ1) is 19.9. The van der Waals surface area contributed by atoms with Gasteiger partial charge in [-0.05, 0) is 67.8 Å². The summed E-state index contributed by atoms with van der Waals surface area (Å²) >= 11 is 0. The van der Waals surface area contributed by atoms with Crippen molar-refractivity contribution in [1.29, 1.82) is 0 Å². The highest BCUT2D eigenvalue weighted by atomic mass is 16.5. The molecule has 0 fully saturated rings. The van der Waals surface area contributed by atoms with E-state index in [4.69, 9.17) is 9.47 Å². The molecule has 0 spiro atoms. The summed E-state index contributed by atoms with van der Waals surface area (Å²) in [5, 5.41) is 7.47. The molecule has 1 N–H and O–H groups in total. The highest BCUT2D eigenvalue weighted by molar-refractivity contribution is 6.04. The molecule has 218 valence electrons. The van der Waals surface area contributed by atoms with Crippen LogP contribution in [0.25, 0.3) is 16.9 Å². The largest absolute Gasteiger partial charge is 0.493 e. The smallest absolute Gasteiger partial charge is 0.276 e. The Morgan fingerprint density at radius 2 is 1.68 bits per heavy atom. The van der Waals surface area contributed by atoms with Gasteiger partial charge in [-0.3, -0.25) is 9.59 Å². The number of hydrogen-bond donors (Lipinski definition) is 1. The molecule has 2 amide bonds. The van der Waals surface area contributed by atoms with Crippen molar-refractivity contribution in [3.8, 4) is 22.8 Å². The molecule has 0 aliphatic rings. The van der Waals surface area contributed by atoms with Crippen LogP contribution in [0.3, 0.4) is 0 Å². The van der Waals surface area contributed by atoms with E-state index in [0.29, 0.717) is 28.4 Å². The quantitative estimate of drug-likeness (QED) is 0.221. The second-order valence-electron chi connectivity index (χ2n) is 9.33. The van der Waals surface area contributed by atoms with Gasteiger partial charge < -0.3 is 19.7 Å². The average Bonchev–Trinajstić information content (AvgIpc) is 3.45. The first-order valence-corrected chi connectivity index (χ1v) is 14.2. The van der Waals surface area contributed by atoms with Gasteiger partial charge in [-0.2, -0.15) is 5.10 Å². The number of aryl methyl sites for hydroxylation is 1. The Bertz CT molecular complexity index is 1480. The van der Waals surface area contributed by atoms with Gasteiger partial charge in [0, 0.05) is 42.2 Å². The molecule has 4 rings (SSSR count). The van der Waals surface area contributed by atoms with E-state index in [1.165, 1.54) is 0 Å². The number of rotatable bonds is 11. The number of methoxy groups -OCH3 is 2. The number of amides is 2. The number of nitrogens with one attached hydrogen (secondary N) is 1. The highest BCUT2D eigenvalue weighted by Crippen LogP contribution is 2.32. The number of unbranched alkanes of at least 4 members (excludes halogenated alkanes) is 1. The van der Waals surface area contributed by atoms with Gasteiger partial charge in [0.2, 0.25) is 0 Å². The first-order valence-electron chi connectivity index (χ1n) is 14.2. The van der Waals surface area contributed by atoms with E-state index in [9.17, 15) is 9.59 Å². The Balaban J connectivity index is 0.00000226. The number of nitrogens with zero attached hydrogens (tertiary/aromatic N) is 4. The van der Waals surface area contributed by atoms with Crippen LogP contribution in [0.4, 0.5) is 5.69 Å². The standard InChI is InChI=1S/C30H35N5O4.C2H6/c1-6-8-16-34(15-7-2)30(37)22-9-11-23(20(3)17-22)32-29(36)24-19-28-31-14-13-25(35(28)33-24)21-10-12-26(38-4)27(18-21)39-5;1-2/h9-14,17-19H,6-8,15-16H2,1-5H3,(H,32,36);1-2H3. The lowest BCUT2D eigenvalue weighted by Crippen LogP contribution is -2.32. The fourth-order valence-corrected chi connectivity index (χ4v) is 4.46. The van der Waals surface area contributed by atoms with E-state index < -0.39 is 0 Å². The van der Waals surface area contributed by atoms with Crippen LogP contribution < -0.4 is 14.8 Å². The van der Waals surface area contributed by atoms with Crippen molar-refractivity contribution >= 4 is 23.1 Å². The number of aromatic nitrogens is 3. The summed E-state index contributed by atoms with van der Waals surface area (Å²) in [6, 6.07) is 14.4. The summed E-state index contributed by atoms with van der Waals surface area (Å²) in [5.41, 5.74) is 4.38. The normalized spacial score (nSPS) is 10.5. The predicted molar refractivity (Wildman–Crippen MR) is 163 cm³/mol. The highest BCUT2D eigenvalue weighted by Gasteiger charge is 2.18. The lowest BCUT2D eigenvalue weighted by Gasteiger charge is -2.22. The van der Waals surface area contributed by atoms with Crippen LogP contribution in [0, 0.1) is 6.92 Å². The molecule has 2 aromatic heterocycles. The average molecular weight is 560 g/mol. The second kappa shape index (κ2) is 14.8. The van der Waals surface area contributed by atoms with Crippen molar-refractivity contribution in [2.24, 2.45) is 0 Å². The molecule has 2 aromatic carbocycles. The Morgan fingerprint density at radius 1 is 0.927 bits per heavy atom. The summed E-state index contributed by atoms with van der Waals surface area (Å²) in [6.07, 6.45) is 4.59. The van der Waals surface area contributed by atoms with E-state index in [1.54, 1.807) is 43.1 Å². The summed E-state index contributed by atoms with van der Waals surface area (Å²) in [7, 11) is 3.17. The van der Waals surface area contributed by atoms with Crippen molar-refractivity contribution in [3.63, 3.8) is 0 Å². The molecule has 0 aliphatic heterocycles. The van der Waals surface area contributed by atoms with Crippen LogP contribution in [-0.2, 0) is 0 Å². The van der Waals surface area contributed by atoms with Gasteiger partial charge in [0.15, 0.2) is 22.8 Å². The van der Waals surface area contributed by atoms with E-state index in [1.807, 2.05) is 56.0 Å². The van der Waals surface area contributed by atoms with Gasteiger partial charge in [0.1, 0.15) is 0 Å². The summed E-state index contributed by atoms with van der Waals surface area (Å²) < 4.78 is 12.4. The lowest BCUT2D eigenvalue weighted by atomic mass is 10.1. The number of hydrogen-bond acceptors (Lipinski definition) is 6. The molecule has 0 radical (unpaired) electrons. The van der Waals surface area contributed by atoms with Gasteiger partial charge in [0.05, 0.1) is 19.9 Å². The molecular formula is C32H41N5O4. The van der Waals surface area contributed by atoms with Crippen LogP contribution in [0.2, 0.25) is 0 Å². The maximum atomic E-state index is 13.2. The van der Waals surface area contributed by atoms with Crippen LogP contribution in [0.1, 0.15) is 73.4 Å². The number of anilines is 1. The maximum absolute atomic E-state index is 13.2. The van der Waals surface area contributed by atoms with E-state index in [2.05, 4.69) is 29.2 Å². The van der Waals surface area contributed by atoms with Gasteiger partial charge in [-0.1, -0.05) is 34.1 Å². The first kappa shape index (κ1) is 31.1. The molecule has 2 heterocycles. The molecule has 9 nitrogen and oxygen atoms in total. The van der Waals surface area contributed by atoms with Crippen molar-refractivity contribution in [1.82, 2.24) is 19.5 Å². The van der Waals surface area contributed by atoms with Gasteiger partial charge in [-0.15, -0.1) is 0 Å². The van der Waals surface area contributed by atoms with Crippen LogP contribution in [0.15, 0.2) is 54.7 Å². The SMILES string of the molecule is CC.CCCCN(CCC)C(=O)c1ccc(NC(=O)c2cc3nccc(-c4ccc(OC)c(OC)c4)n3n2)c(C)c1. The van der Waals surface area contributed by atoms with Gasteiger partial charge >= 0.3 is 0 Å². The third-order valence-electron chi connectivity index (χ3n) is 6.55. The number of fused-ring (bicyclic) bond motifs is 1. The molecule has 0 saturated carbocycles. The Hall–Kier alpha value is -4.40. The van der Waals surface area contributed by atoms with E-state index in [-0.39, 0.29) is 17.5 Å². The van der Waals surface area contributed by atoms with Crippen molar-refractivity contribution in [2.75, 3.05) is 32.6 Å². The fourth-order valence-electron chi connectivity index (χ4n) is 4.46. The fraction of sp³-hybridized carbons (Fsp3) is 0.375. The lowest BCUT2D eigenvalue weighted by molar-refractivity contribution is 0.0753. The van der Waals surface area contributed by atoms with E-state index in [0.717, 1.165) is 49.2 Å². The van der Waals surface area contributed by atoms with Crippen LogP contribution in [0.5, 0.6) is 11.5 Å². The van der Waals surface area contributed by atoms with E-state index >= 15 is 0 Å². The van der Waals surface area contributed by atoms with Gasteiger partial charge in [-0.25, -0.2) is 9.50 Å². The second-order valence-corrected chi connectivity index (χ2v) is 9.33. The van der Waals surface area contributed by atoms with Gasteiger partial charge in [0.25, 0.3) is 11.8 Å². The number of carbonyl (C=O) groups excluding carboxylic acids is 2. The van der Waals surface area contributed by atoms with Crippen LogP contribution in [-0.4, -0.2) is 58.6 Å². The molecule has 0 bridgehead atoms. The molecule has 0 saturated heterocycles. The summed E-state index contributed by atoms with van der Waals surface area (Å²) in [6.45, 7) is 11.5. The van der Waals surface area contributed by atoms with Crippen molar-refractivity contribution < 1.29 is 19.1 Å². The Kier molecular flexibility index (Phi) is 11.3. The number of carbonyl (C=O) groups is 2. The molecular weight excluding hydrogens is 518 g/mol. The van der Waals surface area contributed by atoms with Crippen molar-refractivity contribution in [2.45, 2.75) is 53.9 Å². The molecule has 0 unspecified atom stereocenters. The molecule has 9 heteroatoms. The number of ether oxygens (including phenoxy) is 2. The monoisotopic (exact) mass is 559 g/mol. The minimum atomic E-state index is -0.364.